The Morgan fingerprint density at radius 1 is 1.19 bits per heavy atom. The number of hydrogen-bond donors (Lipinski definition) is 0. The van der Waals surface area contributed by atoms with E-state index in [0.717, 1.165) is 12.1 Å². The number of hydrogen-bond acceptors (Lipinski definition) is 6. The minimum Gasteiger partial charge on any atom is -0.475 e. The van der Waals surface area contributed by atoms with Crippen molar-refractivity contribution in [2.45, 2.75) is 46.1 Å². The summed E-state index contributed by atoms with van der Waals surface area (Å²) in [6.45, 7) is 6.76. The number of aromatic nitrogens is 4. The van der Waals surface area contributed by atoms with Gasteiger partial charge in [0.25, 0.3) is 0 Å². The molecule has 0 saturated heterocycles. The Morgan fingerprint density at radius 3 is 2.48 bits per heavy atom. The maximum absolute atomic E-state index is 13.1. The van der Waals surface area contributed by atoms with Crippen LogP contribution >= 0.6 is 0 Å². The monoisotopic (exact) mass is 384 g/mol. The summed E-state index contributed by atoms with van der Waals surface area (Å²) >= 11 is 0. The molecule has 2 aromatic rings. The highest BCUT2D eigenvalue weighted by Crippen LogP contribution is 2.32. The van der Waals surface area contributed by atoms with Crippen molar-refractivity contribution in [3.05, 3.63) is 30.2 Å². The lowest BCUT2D eigenvalue weighted by atomic mass is 10.2. The van der Waals surface area contributed by atoms with E-state index >= 15 is 0 Å². The topological polar surface area (TPSA) is 79.1 Å². The van der Waals surface area contributed by atoms with E-state index in [0.29, 0.717) is 0 Å². The zero-order valence-electron chi connectivity index (χ0n) is 15.2. The predicted octanol–water partition coefficient (Wildman–Crippen LogP) is 3.57. The van der Waals surface area contributed by atoms with Gasteiger partial charge in [-0.2, -0.15) is 13.2 Å². The van der Waals surface area contributed by atoms with Gasteiger partial charge in [0.1, 0.15) is 12.0 Å². The minimum absolute atomic E-state index is 0.0263. The summed E-state index contributed by atoms with van der Waals surface area (Å²) in [7, 11) is 0. The van der Waals surface area contributed by atoms with Crippen molar-refractivity contribution in [3.63, 3.8) is 0 Å². The van der Waals surface area contributed by atoms with Gasteiger partial charge in [0.2, 0.25) is 5.88 Å². The van der Waals surface area contributed by atoms with Gasteiger partial charge < -0.3 is 9.47 Å². The number of nitrogens with zero attached hydrogens (tertiary/aromatic N) is 4. The fourth-order valence-electron chi connectivity index (χ4n) is 1.97. The third kappa shape index (κ3) is 6.08. The summed E-state index contributed by atoms with van der Waals surface area (Å²) in [6.07, 6.45) is -1.59. The molecule has 0 amide bonds. The molecule has 2 aromatic heterocycles. The second-order valence-corrected chi connectivity index (χ2v) is 6.09. The molecule has 0 aromatic carbocycles. The fourth-order valence-corrected chi connectivity index (χ4v) is 1.97. The molecule has 7 nitrogen and oxygen atoms in total. The summed E-state index contributed by atoms with van der Waals surface area (Å²) in [4.78, 5) is 18.9. The first-order chi connectivity index (χ1) is 12.5. The smallest absolute Gasteiger partial charge is 0.433 e. The van der Waals surface area contributed by atoms with E-state index in [1.807, 2.05) is 0 Å². The zero-order valence-corrected chi connectivity index (χ0v) is 15.2. The van der Waals surface area contributed by atoms with Gasteiger partial charge in [-0.15, -0.1) is 5.10 Å². The van der Waals surface area contributed by atoms with Gasteiger partial charge in [0.05, 0.1) is 12.2 Å². The molecule has 2 rings (SSSR count). The highest BCUT2D eigenvalue weighted by Gasteiger charge is 2.34. The summed E-state index contributed by atoms with van der Waals surface area (Å²) in [5.41, 5.74) is -1.02. The van der Waals surface area contributed by atoms with Crippen molar-refractivity contribution in [3.8, 4) is 17.3 Å². The molecule has 146 valence electrons. The molecule has 0 saturated carbocycles. The van der Waals surface area contributed by atoms with Crippen molar-refractivity contribution in [2.24, 2.45) is 0 Å². The largest absolute Gasteiger partial charge is 0.475 e. The molecule has 0 aliphatic carbocycles. The predicted molar refractivity (Wildman–Crippen MR) is 90.6 cm³/mol. The molecular formula is C17H19F3N4O3. The Kier molecular flexibility index (Phi) is 6.19. The second kappa shape index (κ2) is 8.19. The highest BCUT2D eigenvalue weighted by atomic mass is 19.4. The number of carbonyl (C=O) groups excluding carboxylic acids is 1. The molecule has 0 atom stereocenters. The van der Waals surface area contributed by atoms with E-state index < -0.39 is 17.8 Å². The number of ether oxygens (including phenoxy) is 2. The van der Waals surface area contributed by atoms with E-state index in [1.54, 1.807) is 27.7 Å². The molecule has 2 heterocycles. The number of carbonyl (C=O) groups is 1. The van der Waals surface area contributed by atoms with Crippen LogP contribution in [-0.2, 0) is 15.7 Å². The van der Waals surface area contributed by atoms with Gasteiger partial charge >= 0.3 is 12.1 Å². The third-order valence-electron chi connectivity index (χ3n) is 2.93. The van der Waals surface area contributed by atoms with Crippen molar-refractivity contribution >= 4 is 12.2 Å². The number of esters is 1. The molecule has 27 heavy (non-hydrogen) atoms. The van der Waals surface area contributed by atoms with Crippen LogP contribution in [0.3, 0.4) is 0 Å². The Labute approximate surface area is 153 Å². The van der Waals surface area contributed by atoms with Crippen LogP contribution in [0, 0.1) is 0 Å². The van der Waals surface area contributed by atoms with E-state index in [-0.39, 0.29) is 29.5 Å². The SMILES string of the molecule is CC(C)OC(=O)/C=C/n1cnc(-c2cc(OC(C)C)nc(C(F)(F)F)c2)n1. The normalized spacial score (nSPS) is 12.2. The van der Waals surface area contributed by atoms with Crippen molar-refractivity contribution < 1.29 is 27.4 Å². The lowest BCUT2D eigenvalue weighted by Crippen LogP contribution is -2.12. The quantitative estimate of drug-likeness (QED) is 0.560. The molecule has 0 radical (unpaired) electrons. The molecule has 0 aliphatic heterocycles. The lowest BCUT2D eigenvalue weighted by Gasteiger charge is -2.12. The van der Waals surface area contributed by atoms with Crippen LogP contribution in [0.4, 0.5) is 13.2 Å². The fraction of sp³-hybridized carbons (Fsp3) is 0.412. The molecule has 0 unspecified atom stereocenters. The Hall–Kier alpha value is -2.91. The average molecular weight is 384 g/mol. The van der Waals surface area contributed by atoms with Gasteiger partial charge in [-0.25, -0.2) is 19.4 Å². The average Bonchev–Trinajstić information content (AvgIpc) is 2.99. The molecule has 0 aliphatic rings. The van der Waals surface area contributed by atoms with Crippen LogP contribution in [0.15, 0.2) is 24.5 Å². The second-order valence-electron chi connectivity index (χ2n) is 6.09. The number of alkyl halides is 3. The molecule has 0 N–H and O–H groups in total. The number of rotatable bonds is 6. The third-order valence-corrected chi connectivity index (χ3v) is 2.93. The van der Waals surface area contributed by atoms with Gasteiger partial charge in [-0.1, -0.05) is 0 Å². The summed E-state index contributed by atoms with van der Waals surface area (Å²) in [5.74, 6) is -0.724. The van der Waals surface area contributed by atoms with E-state index in [9.17, 15) is 18.0 Å². The van der Waals surface area contributed by atoms with E-state index in [2.05, 4.69) is 15.1 Å². The standard InChI is InChI=1S/C17H19F3N4O3/c1-10(2)26-14-8-12(7-13(22-14)17(18,19)20)16-21-9-24(23-16)6-5-15(25)27-11(3)4/h5-11H,1-4H3/b6-5+. The van der Waals surface area contributed by atoms with Gasteiger partial charge in [0, 0.05) is 23.9 Å². The Bertz CT molecular complexity index is 829. The Balaban J connectivity index is 2.31. The lowest BCUT2D eigenvalue weighted by molar-refractivity contribution is -0.142. The van der Waals surface area contributed by atoms with Crippen LogP contribution in [0.2, 0.25) is 0 Å². The summed E-state index contributed by atoms with van der Waals surface area (Å²) < 4.78 is 50.7. The van der Waals surface area contributed by atoms with Crippen LogP contribution in [0.5, 0.6) is 5.88 Å². The molecule has 10 heteroatoms. The first kappa shape index (κ1) is 20.4. The molecule has 0 spiro atoms. The van der Waals surface area contributed by atoms with Crippen LogP contribution < -0.4 is 4.74 Å². The zero-order chi connectivity index (χ0) is 20.2. The van der Waals surface area contributed by atoms with Crippen LogP contribution in [0.1, 0.15) is 33.4 Å². The molecular weight excluding hydrogens is 365 g/mol. The summed E-state index contributed by atoms with van der Waals surface area (Å²) in [6, 6.07) is 2.16. The van der Waals surface area contributed by atoms with Gasteiger partial charge in [-0.3, -0.25) is 0 Å². The van der Waals surface area contributed by atoms with Gasteiger partial charge in [-0.05, 0) is 33.8 Å². The summed E-state index contributed by atoms with van der Waals surface area (Å²) in [5, 5.41) is 4.04. The molecule has 0 fully saturated rings. The highest BCUT2D eigenvalue weighted by molar-refractivity contribution is 5.85. The van der Waals surface area contributed by atoms with E-state index in [1.165, 1.54) is 23.3 Å². The van der Waals surface area contributed by atoms with Crippen LogP contribution in [-0.4, -0.2) is 37.9 Å². The number of pyridine rings is 1. The first-order valence-corrected chi connectivity index (χ1v) is 8.11. The van der Waals surface area contributed by atoms with Crippen molar-refractivity contribution in [1.29, 1.82) is 0 Å². The van der Waals surface area contributed by atoms with Crippen molar-refractivity contribution in [1.82, 2.24) is 19.7 Å². The maximum atomic E-state index is 13.1. The first-order valence-electron chi connectivity index (χ1n) is 8.11. The van der Waals surface area contributed by atoms with Crippen molar-refractivity contribution in [2.75, 3.05) is 0 Å². The van der Waals surface area contributed by atoms with Crippen LogP contribution in [0.25, 0.3) is 17.6 Å². The Morgan fingerprint density at radius 2 is 1.89 bits per heavy atom. The number of halogens is 3. The van der Waals surface area contributed by atoms with Gasteiger partial charge in [0.15, 0.2) is 5.82 Å². The minimum atomic E-state index is -4.64. The molecule has 0 bridgehead atoms. The maximum Gasteiger partial charge on any atom is 0.433 e. The van der Waals surface area contributed by atoms with E-state index in [4.69, 9.17) is 9.47 Å².